The summed E-state index contributed by atoms with van der Waals surface area (Å²) in [6.45, 7) is 5.73. The van der Waals surface area contributed by atoms with Gasteiger partial charge in [-0.15, -0.1) is 0 Å². The topological polar surface area (TPSA) is 87.4 Å². The van der Waals surface area contributed by atoms with Crippen molar-refractivity contribution < 1.29 is 14.3 Å². The zero-order valence-electron chi connectivity index (χ0n) is 20.0. The van der Waals surface area contributed by atoms with Gasteiger partial charge in [-0.1, -0.05) is 25.1 Å². The second-order valence-corrected chi connectivity index (χ2v) is 8.04. The van der Waals surface area contributed by atoms with Crippen LogP contribution in [0, 0.1) is 13.8 Å². The number of aryl methyl sites for hydroxylation is 2. The summed E-state index contributed by atoms with van der Waals surface area (Å²) in [7, 11) is 3.12. The lowest BCUT2D eigenvalue weighted by molar-refractivity contribution is -0.119. The Labute approximate surface area is 197 Å². The average Bonchev–Trinajstić information content (AvgIpc) is 3.10. The predicted molar refractivity (Wildman–Crippen MR) is 132 cm³/mol. The summed E-state index contributed by atoms with van der Waals surface area (Å²) in [6.07, 6.45) is 2.23. The quantitative estimate of drug-likeness (QED) is 0.441. The number of nitrogens with one attached hydrogen (secondary N) is 1. The minimum Gasteiger partial charge on any atom is -0.497 e. The van der Waals surface area contributed by atoms with E-state index in [4.69, 9.17) is 9.47 Å². The molecule has 0 aliphatic rings. The Morgan fingerprint density at radius 2 is 1.68 bits per heavy atom. The second-order valence-electron chi connectivity index (χ2n) is 8.04. The molecule has 0 saturated heterocycles. The molecule has 2 aromatic heterocycles. The molecule has 0 bridgehead atoms. The Balaban J connectivity index is 1.76. The third-order valence-corrected chi connectivity index (χ3v) is 6.07. The van der Waals surface area contributed by atoms with Crippen LogP contribution in [-0.2, 0) is 4.79 Å². The summed E-state index contributed by atoms with van der Waals surface area (Å²) in [4.78, 5) is 26.8. The molecule has 34 heavy (non-hydrogen) atoms. The highest BCUT2D eigenvalue weighted by Crippen LogP contribution is 2.30. The van der Waals surface area contributed by atoms with Crippen LogP contribution in [0.1, 0.15) is 30.8 Å². The summed E-state index contributed by atoms with van der Waals surface area (Å²) in [5.41, 5.74) is 2.60. The van der Waals surface area contributed by atoms with Gasteiger partial charge < -0.3 is 19.4 Å². The standard InChI is InChI=1S/C26H28N4O4/c1-6-23(25(31)28-18-12-20(33-4)14-21(13-18)34-5)29-16(2)22-15-27-30(19-10-8-7-9-11-19)26(32)24(22)17(29)3/h7-15,23H,6H2,1-5H3,(H,28,31). The van der Waals surface area contributed by atoms with Crippen LogP contribution < -0.4 is 20.3 Å². The van der Waals surface area contributed by atoms with Gasteiger partial charge in [0.1, 0.15) is 17.5 Å². The fourth-order valence-electron chi connectivity index (χ4n) is 4.39. The van der Waals surface area contributed by atoms with Crippen molar-refractivity contribution >= 4 is 22.4 Å². The van der Waals surface area contributed by atoms with E-state index in [1.54, 1.807) is 38.6 Å². The van der Waals surface area contributed by atoms with Crippen molar-refractivity contribution in [3.8, 4) is 17.2 Å². The molecule has 1 amide bonds. The molecule has 0 aliphatic carbocycles. The van der Waals surface area contributed by atoms with E-state index in [1.165, 1.54) is 4.68 Å². The van der Waals surface area contributed by atoms with Crippen LogP contribution in [0.2, 0.25) is 0 Å². The van der Waals surface area contributed by atoms with Crippen LogP contribution >= 0.6 is 0 Å². The van der Waals surface area contributed by atoms with Gasteiger partial charge in [0.15, 0.2) is 0 Å². The number of benzene rings is 2. The maximum Gasteiger partial charge on any atom is 0.281 e. The van der Waals surface area contributed by atoms with Gasteiger partial charge in [-0.05, 0) is 32.4 Å². The summed E-state index contributed by atoms with van der Waals surface area (Å²) < 4.78 is 13.9. The first kappa shape index (κ1) is 23.1. The van der Waals surface area contributed by atoms with Crippen LogP contribution in [0.15, 0.2) is 59.5 Å². The molecule has 4 rings (SSSR count). The largest absolute Gasteiger partial charge is 0.497 e. The first-order valence-electron chi connectivity index (χ1n) is 11.1. The number of anilines is 1. The number of hydrogen-bond acceptors (Lipinski definition) is 5. The van der Waals surface area contributed by atoms with Gasteiger partial charge >= 0.3 is 0 Å². The molecule has 0 aliphatic heterocycles. The minimum absolute atomic E-state index is 0.194. The fraction of sp³-hybridized carbons (Fsp3) is 0.269. The lowest BCUT2D eigenvalue weighted by atomic mass is 10.1. The van der Waals surface area contributed by atoms with E-state index in [0.29, 0.717) is 34.7 Å². The zero-order chi connectivity index (χ0) is 24.4. The highest BCUT2D eigenvalue weighted by Gasteiger charge is 2.26. The molecule has 2 heterocycles. The van der Waals surface area contributed by atoms with E-state index in [2.05, 4.69) is 10.4 Å². The Kier molecular flexibility index (Phi) is 6.40. The van der Waals surface area contributed by atoms with Crippen molar-refractivity contribution in [3.63, 3.8) is 0 Å². The lowest BCUT2D eigenvalue weighted by Gasteiger charge is -2.21. The van der Waals surface area contributed by atoms with Crippen molar-refractivity contribution in [3.05, 3.63) is 76.5 Å². The summed E-state index contributed by atoms with van der Waals surface area (Å²) in [6, 6.07) is 14.0. The molecule has 1 unspecified atom stereocenters. The summed E-state index contributed by atoms with van der Waals surface area (Å²) in [5, 5.41) is 8.66. The van der Waals surface area contributed by atoms with Crippen LogP contribution in [0.5, 0.6) is 11.5 Å². The molecule has 2 aromatic carbocycles. The number of rotatable bonds is 7. The first-order chi connectivity index (χ1) is 16.4. The van der Waals surface area contributed by atoms with Crippen molar-refractivity contribution in [1.82, 2.24) is 14.3 Å². The third-order valence-electron chi connectivity index (χ3n) is 6.07. The number of aromatic nitrogens is 3. The smallest absolute Gasteiger partial charge is 0.281 e. The van der Waals surface area contributed by atoms with E-state index in [1.807, 2.05) is 55.7 Å². The van der Waals surface area contributed by atoms with Gasteiger partial charge in [0.25, 0.3) is 5.56 Å². The number of carbonyl (C=O) groups is 1. The van der Waals surface area contributed by atoms with Crippen molar-refractivity contribution in [1.29, 1.82) is 0 Å². The Morgan fingerprint density at radius 1 is 1.03 bits per heavy atom. The molecule has 0 spiro atoms. The highest BCUT2D eigenvalue weighted by atomic mass is 16.5. The van der Waals surface area contributed by atoms with E-state index < -0.39 is 6.04 Å². The molecule has 4 aromatic rings. The minimum atomic E-state index is -0.519. The number of amides is 1. The summed E-state index contributed by atoms with van der Waals surface area (Å²) in [5.74, 6) is 0.962. The van der Waals surface area contributed by atoms with Gasteiger partial charge in [0, 0.05) is 40.7 Å². The molecular formula is C26H28N4O4. The Bertz CT molecular complexity index is 1380. The van der Waals surface area contributed by atoms with Gasteiger partial charge in [0.05, 0.1) is 31.5 Å². The van der Waals surface area contributed by atoms with Crippen LogP contribution in [0.25, 0.3) is 16.5 Å². The molecular weight excluding hydrogens is 432 g/mol. The molecule has 8 heteroatoms. The second kappa shape index (κ2) is 9.43. The van der Waals surface area contributed by atoms with Crippen molar-refractivity contribution in [2.75, 3.05) is 19.5 Å². The molecule has 0 saturated carbocycles. The van der Waals surface area contributed by atoms with Crippen molar-refractivity contribution in [2.24, 2.45) is 0 Å². The number of carbonyl (C=O) groups excluding carboxylic acids is 1. The number of hydrogen-bond donors (Lipinski definition) is 1. The van der Waals surface area contributed by atoms with Crippen LogP contribution in [0.3, 0.4) is 0 Å². The number of methoxy groups -OCH3 is 2. The number of ether oxygens (including phenoxy) is 2. The molecule has 1 N–H and O–H groups in total. The number of nitrogens with zero attached hydrogens (tertiary/aromatic N) is 3. The molecule has 8 nitrogen and oxygen atoms in total. The maximum absolute atomic E-state index is 13.4. The molecule has 0 fully saturated rings. The van der Waals surface area contributed by atoms with Gasteiger partial charge in [-0.3, -0.25) is 9.59 Å². The Hall–Kier alpha value is -4.07. The van der Waals surface area contributed by atoms with Gasteiger partial charge in [-0.25, -0.2) is 0 Å². The SMILES string of the molecule is CCC(C(=O)Nc1cc(OC)cc(OC)c1)n1c(C)c2cnn(-c3ccccc3)c(=O)c2c1C. The van der Waals surface area contributed by atoms with E-state index in [9.17, 15) is 9.59 Å². The van der Waals surface area contributed by atoms with E-state index in [0.717, 1.165) is 16.8 Å². The van der Waals surface area contributed by atoms with E-state index in [-0.39, 0.29) is 11.5 Å². The summed E-state index contributed by atoms with van der Waals surface area (Å²) >= 11 is 0. The molecule has 0 radical (unpaired) electrons. The molecule has 176 valence electrons. The highest BCUT2D eigenvalue weighted by molar-refractivity contribution is 5.96. The maximum atomic E-state index is 13.4. The van der Waals surface area contributed by atoms with Gasteiger partial charge in [-0.2, -0.15) is 9.78 Å². The average molecular weight is 461 g/mol. The Morgan fingerprint density at radius 3 is 2.26 bits per heavy atom. The fourth-order valence-corrected chi connectivity index (χ4v) is 4.39. The van der Waals surface area contributed by atoms with E-state index >= 15 is 0 Å². The third kappa shape index (κ3) is 4.03. The number of para-hydroxylation sites is 1. The van der Waals surface area contributed by atoms with Crippen LogP contribution in [0.4, 0.5) is 5.69 Å². The normalized spacial score (nSPS) is 11.9. The van der Waals surface area contributed by atoms with Crippen molar-refractivity contribution in [2.45, 2.75) is 33.2 Å². The predicted octanol–water partition coefficient (Wildman–Crippen LogP) is 4.41. The number of fused-ring (bicyclic) bond motifs is 1. The van der Waals surface area contributed by atoms with Crippen LogP contribution in [-0.4, -0.2) is 34.5 Å². The first-order valence-corrected chi connectivity index (χ1v) is 11.1. The zero-order valence-corrected chi connectivity index (χ0v) is 20.0. The van der Waals surface area contributed by atoms with Gasteiger partial charge in [0.2, 0.25) is 5.91 Å². The monoisotopic (exact) mass is 460 g/mol. The molecule has 1 atom stereocenters. The lowest BCUT2D eigenvalue weighted by Crippen LogP contribution is -2.27.